The van der Waals surface area contributed by atoms with Gasteiger partial charge in [-0.2, -0.15) is 0 Å². The van der Waals surface area contributed by atoms with Crippen molar-refractivity contribution in [3.8, 4) is 5.75 Å². The van der Waals surface area contributed by atoms with E-state index in [0.29, 0.717) is 24.7 Å². The standard InChI is InChI=1S/C19H23NO4S/c1-3-7-15-10-11-19(18(12-15)24-14-17-13-23-17)25(21,22)20(2)16-8-5-4-6-9-16/h4-6,8-12,17H,3,7,13-14H2,1-2H3. The van der Waals surface area contributed by atoms with E-state index in [9.17, 15) is 8.42 Å². The van der Waals surface area contributed by atoms with Crippen LogP contribution >= 0.6 is 0 Å². The third-order valence-electron chi connectivity index (χ3n) is 4.13. The number of nitrogens with zero attached hydrogens (tertiary/aromatic N) is 1. The van der Waals surface area contributed by atoms with Crippen molar-refractivity contribution in [1.82, 2.24) is 0 Å². The Morgan fingerprint density at radius 3 is 2.56 bits per heavy atom. The second-order valence-corrected chi connectivity index (χ2v) is 8.04. The van der Waals surface area contributed by atoms with E-state index >= 15 is 0 Å². The lowest BCUT2D eigenvalue weighted by atomic mass is 10.1. The monoisotopic (exact) mass is 361 g/mol. The van der Waals surface area contributed by atoms with Gasteiger partial charge in [0, 0.05) is 7.05 Å². The zero-order chi connectivity index (χ0) is 17.9. The van der Waals surface area contributed by atoms with E-state index < -0.39 is 10.0 Å². The minimum atomic E-state index is -3.71. The summed E-state index contributed by atoms with van der Waals surface area (Å²) in [4.78, 5) is 0.180. The van der Waals surface area contributed by atoms with Crippen LogP contribution in [0.3, 0.4) is 0 Å². The lowest BCUT2D eigenvalue weighted by Gasteiger charge is -2.21. The third kappa shape index (κ3) is 4.14. The topological polar surface area (TPSA) is 59.1 Å². The number of hydrogen-bond acceptors (Lipinski definition) is 4. The Labute approximate surface area is 149 Å². The largest absolute Gasteiger partial charge is 0.489 e. The van der Waals surface area contributed by atoms with Gasteiger partial charge in [-0.1, -0.05) is 37.6 Å². The Hall–Kier alpha value is -2.05. The van der Waals surface area contributed by atoms with Crippen LogP contribution in [0, 0.1) is 0 Å². The van der Waals surface area contributed by atoms with Gasteiger partial charge in [-0.05, 0) is 36.2 Å². The van der Waals surface area contributed by atoms with Crippen molar-refractivity contribution in [2.45, 2.75) is 30.8 Å². The molecule has 1 aliphatic heterocycles. The lowest BCUT2D eigenvalue weighted by molar-refractivity contribution is 0.257. The summed E-state index contributed by atoms with van der Waals surface area (Å²) in [5.41, 5.74) is 1.67. The molecule has 0 bridgehead atoms. The van der Waals surface area contributed by atoms with Crippen LogP contribution in [0.5, 0.6) is 5.75 Å². The molecule has 2 aromatic carbocycles. The third-order valence-corrected chi connectivity index (χ3v) is 5.96. The molecule has 0 spiro atoms. The summed E-state index contributed by atoms with van der Waals surface area (Å²) in [7, 11) is -2.16. The Kier molecular flexibility index (Phi) is 5.30. The van der Waals surface area contributed by atoms with Gasteiger partial charge in [0.05, 0.1) is 12.3 Å². The van der Waals surface area contributed by atoms with Crippen molar-refractivity contribution in [2.75, 3.05) is 24.6 Å². The molecule has 0 saturated carbocycles. The van der Waals surface area contributed by atoms with E-state index in [-0.39, 0.29) is 11.0 Å². The van der Waals surface area contributed by atoms with Gasteiger partial charge >= 0.3 is 0 Å². The predicted molar refractivity (Wildman–Crippen MR) is 97.7 cm³/mol. The highest BCUT2D eigenvalue weighted by atomic mass is 32.2. The summed E-state index contributed by atoms with van der Waals surface area (Å²) in [5.74, 6) is 0.393. The second-order valence-electron chi connectivity index (χ2n) is 6.11. The summed E-state index contributed by atoms with van der Waals surface area (Å²) in [6.45, 7) is 3.13. The maximum atomic E-state index is 13.1. The number of rotatable bonds is 8. The molecule has 1 aliphatic rings. The zero-order valence-corrected chi connectivity index (χ0v) is 15.3. The van der Waals surface area contributed by atoms with E-state index in [1.54, 1.807) is 25.2 Å². The average molecular weight is 361 g/mol. The minimum absolute atomic E-state index is 0.0669. The summed E-state index contributed by atoms with van der Waals surface area (Å²) >= 11 is 0. The molecular weight excluding hydrogens is 338 g/mol. The molecule has 1 unspecified atom stereocenters. The molecule has 1 fully saturated rings. The van der Waals surface area contributed by atoms with E-state index in [1.807, 2.05) is 30.3 Å². The number of hydrogen-bond donors (Lipinski definition) is 0. The molecule has 1 saturated heterocycles. The fraction of sp³-hybridized carbons (Fsp3) is 0.368. The highest BCUT2D eigenvalue weighted by Crippen LogP contribution is 2.31. The molecule has 1 heterocycles. The summed E-state index contributed by atoms with van der Waals surface area (Å²) in [6, 6.07) is 14.3. The van der Waals surface area contributed by atoms with Crippen LogP contribution in [-0.4, -0.2) is 34.8 Å². The molecule has 6 heteroatoms. The maximum Gasteiger partial charge on any atom is 0.267 e. The number of para-hydroxylation sites is 1. The molecule has 0 amide bonds. The zero-order valence-electron chi connectivity index (χ0n) is 14.5. The number of ether oxygens (including phenoxy) is 2. The number of aryl methyl sites for hydroxylation is 1. The van der Waals surface area contributed by atoms with E-state index in [0.717, 1.165) is 18.4 Å². The van der Waals surface area contributed by atoms with Crippen molar-refractivity contribution in [2.24, 2.45) is 0 Å². The molecule has 0 N–H and O–H groups in total. The lowest BCUT2D eigenvalue weighted by Crippen LogP contribution is -2.27. The first-order valence-corrected chi connectivity index (χ1v) is 9.87. The van der Waals surface area contributed by atoms with Crippen molar-refractivity contribution in [3.05, 3.63) is 54.1 Å². The maximum absolute atomic E-state index is 13.1. The minimum Gasteiger partial charge on any atom is -0.489 e. The van der Waals surface area contributed by atoms with Crippen LogP contribution in [0.2, 0.25) is 0 Å². The van der Waals surface area contributed by atoms with Gasteiger partial charge in [0.15, 0.2) is 0 Å². The van der Waals surface area contributed by atoms with E-state index in [4.69, 9.17) is 9.47 Å². The SMILES string of the molecule is CCCc1ccc(S(=O)(=O)N(C)c2ccccc2)c(OCC2CO2)c1. The van der Waals surface area contributed by atoms with Crippen molar-refractivity contribution in [3.63, 3.8) is 0 Å². The quantitative estimate of drug-likeness (QED) is 0.677. The predicted octanol–water partition coefficient (Wildman–Crippen LogP) is 3.24. The van der Waals surface area contributed by atoms with Gasteiger partial charge in [0.2, 0.25) is 0 Å². The number of benzene rings is 2. The fourth-order valence-corrected chi connectivity index (χ4v) is 3.90. The molecule has 25 heavy (non-hydrogen) atoms. The van der Waals surface area contributed by atoms with E-state index in [1.165, 1.54) is 4.31 Å². The van der Waals surface area contributed by atoms with Gasteiger partial charge in [-0.25, -0.2) is 8.42 Å². The fourth-order valence-electron chi connectivity index (χ4n) is 2.59. The van der Waals surface area contributed by atoms with E-state index in [2.05, 4.69) is 6.92 Å². The summed E-state index contributed by atoms with van der Waals surface area (Å²) in [6.07, 6.45) is 1.93. The normalized spacial score (nSPS) is 16.5. The summed E-state index contributed by atoms with van der Waals surface area (Å²) < 4.78 is 38.4. The smallest absolute Gasteiger partial charge is 0.267 e. The van der Waals surface area contributed by atoms with Crippen LogP contribution in [0.15, 0.2) is 53.4 Å². The molecule has 2 aromatic rings. The first-order valence-electron chi connectivity index (χ1n) is 8.43. The first-order chi connectivity index (χ1) is 12.0. The second kappa shape index (κ2) is 7.45. The van der Waals surface area contributed by atoms with Gasteiger partial charge in [0.1, 0.15) is 23.4 Å². The Morgan fingerprint density at radius 1 is 1.20 bits per heavy atom. The van der Waals surface area contributed by atoms with Crippen molar-refractivity contribution < 1.29 is 17.9 Å². The van der Waals surface area contributed by atoms with Gasteiger partial charge in [0.25, 0.3) is 10.0 Å². The molecule has 1 atom stereocenters. The van der Waals surface area contributed by atoms with Crippen LogP contribution in [0.1, 0.15) is 18.9 Å². The average Bonchev–Trinajstić information content (AvgIpc) is 3.45. The molecule has 0 aliphatic carbocycles. The van der Waals surface area contributed by atoms with Crippen molar-refractivity contribution in [1.29, 1.82) is 0 Å². The summed E-state index contributed by atoms with van der Waals surface area (Å²) in [5, 5.41) is 0. The first kappa shape index (κ1) is 17.8. The van der Waals surface area contributed by atoms with Crippen molar-refractivity contribution >= 4 is 15.7 Å². The van der Waals surface area contributed by atoms with Crippen LogP contribution < -0.4 is 9.04 Å². The highest BCUT2D eigenvalue weighted by Gasteiger charge is 2.28. The van der Waals surface area contributed by atoms with Gasteiger partial charge < -0.3 is 9.47 Å². The Bertz CT molecular complexity index is 817. The van der Waals surface area contributed by atoms with Crippen LogP contribution in [0.25, 0.3) is 0 Å². The molecule has 5 nitrogen and oxygen atoms in total. The van der Waals surface area contributed by atoms with Crippen LogP contribution in [-0.2, 0) is 21.2 Å². The number of epoxide rings is 1. The Morgan fingerprint density at radius 2 is 1.92 bits per heavy atom. The number of anilines is 1. The van der Waals surface area contributed by atoms with Gasteiger partial charge in [-0.15, -0.1) is 0 Å². The Balaban J connectivity index is 1.95. The molecule has 0 aromatic heterocycles. The highest BCUT2D eigenvalue weighted by molar-refractivity contribution is 7.92. The molecule has 0 radical (unpaired) electrons. The number of sulfonamides is 1. The molecular formula is C19H23NO4S. The molecule has 134 valence electrons. The molecule has 3 rings (SSSR count). The van der Waals surface area contributed by atoms with Crippen LogP contribution in [0.4, 0.5) is 5.69 Å². The van der Waals surface area contributed by atoms with Gasteiger partial charge in [-0.3, -0.25) is 4.31 Å².